The lowest BCUT2D eigenvalue weighted by Gasteiger charge is -2.14. The molecule has 0 unspecified atom stereocenters. The molecule has 0 radical (unpaired) electrons. The van der Waals surface area contributed by atoms with Crippen LogP contribution in [0.15, 0.2) is 82.7 Å². The maximum atomic E-state index is 13.2. The average molecular weight is 566 g/mol. The molecule has 0 fully saturated rings. The van der Waals surface area contributed by atoms with Crippen LogP contribution in [0, 0.1) is 27.7 Å². The van der Waals surface area contributed by atoms with Crippen molar-refractivity contribution in [2.45, 2.75) is 37.5 Å². The van der Waals surface area contributed by atoms with Gasteiger partial charge in [0.2, 0.25) is 5.95 Å². The Morgan fingerprint density at radius 2 is 1.49 bits per heavy atom. The Kier molecular flexibility index (Phi) is 7.70. The Morgan fingerprint density at radius 3 is 2.18 bits per heavy atom. The molecule has 1 heterocycles. The fourth-order valence-corrected chi connectivity index (χ4v) is 6.04. The minimum absolute atomic E-state index is 0.0260. The summed E-state index contributed by atoms with van der Waals surface area (Å²) in [6, 6.07) is 16.9. The number of rotatable bonds is 8. The molecule has 10 nitrogen and oxygen atoms in total. The quantitative estimate of drug-likeness (QED) is 0.284. The summed E-state index contributed by atoms with van der Waals surface area (Å²) in [5.41, 5.74) is 3.74. The lowest BCUT2D eigenvalue weighted by Crippen LogP contribution is -2.18. The van der Waals surface area contributed by atoms with Crippen LogP contribution in [-0.2, 0) is 20.0 Å². The first-order valence-electron chi connectivity index (χ1n) is 11.8. The van der Waals surface area contributed by atoms with E-state index in [9.17, 15) is 21.6 Å². The van der Waals surface area contributed by atoms with Crippen molar-refractivity contribution in [3.63, 3.8) is 0 Å². The van der Waals surface area contributed by atoms with Crippen molar-refractivity contribution < 1.29 is 21.6 Å². The number of nitrogens with one attached hydrogen (secondary N) is 3. The lowest BCUT2D eigenvalue weighted by molar-refractivity contribution is 0.102. The third-order valence-electron chi connectivity index (χ3n) is 6.03. The summed E-state index contributed by atoms with van der Waals surface area (Å²) >= 11 is 0. The van der Waals surface area contributed by atoms with Crippen molar-refractivity contribution in [3.8, 4) is 0 Å². The molecule has 4 aromatic rings. The molecule has 0 aliphatic heterocycles. The van der Waals surface area contributed by atoms with Gasteiger partial charge >= 0.3 is 0 Å². The number of carbonyl (C=O) groups excluding carboxylic acids is 1. The van der Waals surface area contributed by atoms with Gasteiger partial charge in [-0.25, -0.2) is 31.5 Å². The molecule has 0 atom stereocenters. The van der Waals surface area contributed by atoms with Crippen LogP contribution in [0.5, 0.6) is 0 Å². The molecule has 0 saturated carbocycles. The van der Waals surface area contributed by atoms with E-state index in [1.807, 2.05) is 19.9 Å². The van der Waals surface area contributed by atoms with E-state index in [2.05, 4.69) is 24.7 Å². The number of hydrogen-bond donors (Lipinski definition) is 3. The molecular weight excluding hydrogens is 538 g/mol. The van der Waals surface area contributed by atoms with E-state index in [4.69, 9.17) is 0 Å². The van der Waals surface area contributed by atoms with Crippen molar-refractivity contribution in [1.29, 1.82) is 0 Å². The first kappa shape index (κ1) is 27.7. The van der Waals surface area contributed by atoms with Crippen LogP contribution in [0.1, 0.15) is 32.7 Å². The highest BCUT2D eigenvalue weighted by atomic mass is 32.2. The SMILES string of the molecule is Cc1ccnc(NS(=O)(=O)c2ccc(NC(=O)c3ccc(C)c(S(=O)(=O)Nc4cccc(C)c4C)c3)cc2)n1. The molecule has 0 spiro atoms. The van der Waals surface area contributed by atoms with Crippen molar-refractivity contribution in [2.75, 3.05) is 14.8 Å². The monoisotopic (exact) mass is 565 g/mol. The molecule has 3 aromatic carbocycles. The number of hydrogen-bond acceptors (Lipinski definition) is 7. The van der Waals surface area contributed by atoms with Crippen LogP contribution in [0.3, 0.4) is 0 Å². The van der Waals surface area contributed by atoms with Crippen molar-refractivity contribution in [1.82, 2.24) is 9.97 Å². The zero-order valence-electron chi connectivity index (χ0n) is 21.7. The predicted molar refractivity (Wildman–Crippen MR) is 150 cm³/mol. The van der Waals surface area contributed by atoms with Crippen molar-refractivity contribution >= 4 is 43.3 Å². The van der Waals surface area contributed by atoms with Gasteiger partial charge in [0, 0.05) is 23.1 Å². The second-order valence-corrected chi connectivity index (χ2v) is 12.3. The molecule has 3 N–H and O–H groups in total. The van der Waals surface area contributed by atoms with Gasteiger partial charge in [-0.05, 0) is 92.9 Å². The third-order valence-corrected chi connectivity index (χ3v) is 8.88. The van der Waals surface area contributed by atoms with Gasteiger partial charge in [-0.2, -0.15) is 0 Å². The van der Waals surface area contributed by atoms with Crippen LogP contribution < -0.4 is 14.8 Å². The summed E-state index contributed by atoms with van der Waals surface area (Å²) < 4.78 is 56.6. The molecule has 12 heteroatoms. The number of carbonyl (C=O) groups is 1. The molecule has 0 aliphatic rings. The highest BCUT2D eigenvalue weighted by Crippen LogP contribution is 2.25. The minimum Gasteiger partial charge on any atom is -0.322 e. The Bertz CT molecular complexity index is 1770. The van der Waals surface area contributed by atoms with Gasteiger partial charge < -0.3 is 5.32 Å². The van der Waals surface area contributed by atoms with Crippen molar-refractivity contribution in [3.05, 3.63) is 101 Å². The fourth-order valence-electron chi connectivity index (χ4n) is 3.69. The largest absolute Gasteiger partial charge is 0.322 e. The standard InChI is InChI=1S/C27H27N5O5S2/c1-17-6-5-7-24(20(17)4)31-39(36,37)25-16-21(9-8-18(25)2)26(33)30-22-10-12-23(13-11-22)38(34,35)32-27-28-15-14-19(3)29-27/h5-16,31H,1-4H3,(H,30,33)(H,28,29,32). The van der Waals surface area contributed by atoms with Gasteiger partial charge in [0.15, 0.2) is 0 Å². The summed E-state index contributed by atoms with van der Waals surface area (Å²) in [6.45, 7) is 7.08. The van der Waals surface area contributed by atoms with Crippen LogP contribution >= 0.6 is 0 Å². The lowest BCUT2D eigenvalue weighted by atomic mass is 10.1. The van der Waals surface area contributed by atoms with Crippen LogP contribution in [0.4, 0.5) is 17.3 Å². The average Bonchev–Trinajstić information content (AvgIpc) is 2.87. The third kappa shape index (κ3) is 6.41. The van der Waals surface area contributed by atoms with Gasteiger partial charge in [0.05, 0.1) is 15.5 Å². The number of aromatic nitrogens is 2. The zero-order valence-corrected chi connectivity index (χ0v) is 23.3. The van der Waals surface area contributed by atoms with E-state index in [0.717, 1.165) is 11.1 Å². The second kappa shape index (κ2) is 10.8. The fraction of sp³-hybridized carbons (Fsp3) is 0.148. The molecule has 4 rings (SSSR count). The van der Waals surface area contributed by atoms with E-state index in [1.54, 1.807) is 38.1 Å². The van der Waals surface area contributed by atoms with Gasteiger partial charge in [-0.3, -0.25) is 9.52 Å². The van der Waals surface area contributed by atoms with E-state index >= 15 is 0 Å². The summed E-state index contributed by atoms with van der Waals surface area (Å²) in [5, 5.41) is 2.66. The summed E-state index contributed by atoms with van der Waals surface area (Å²) in [6.07, 6.45) is 1.44. The number of benzene rings is 3. The first-order valence-corrected chi connectivity index (χ1v) is 14.8. The topological polar surface area (TPSA) is 147 Å². The second-order valence-electron chi connectivity index (χ2n) is 8.94. The number of aryl methyl sites for hydroxylation is 3. The Balaban J connectivity index is 1.51. The highest BCUT2D eigenvalue weighted by molar-refractivity contribution is 7.93. The maximum absolute atomic E-state index is 13.2. The normalized spacial score (nSPS) is 11.6. The van der Waals surface area contributed by atoms with Crippen molar-refractivity contribution in [2.24, 2.45) is 0 Å². The molecule has 0 bridgehead atoms. The smallest absolute Gasteiger partial charge is 0.264 e. The van der Waals surface area contributed by atoms with E-state index in [-0.39, 0.29) is 21.3 Å². The molecular formula is C27H27N5O5S2. The summed E-state index contributed by atoms with van der Waals surface area (Å²) in [7, 11) is -7.92. The van der Waals surface area contributed by atoms with Crippen LogP contribution in [0.2, 0.25) is 0 Å². The predicted octanol–water partition coefficient (Wildman–Crippen LogP) is 4.56. The Hall–Kier alpha value is -4.29. The summed E-state index contributed by atoms with van der Waals surface area (Å²) in [4.78, 5) is 20.8. The van der Waals surface area contributed by atoms with Crippen LogP contribution in [-0.4, -0.2) is 32.7 Å². The molecule has 202 valence electrons. The number of anilines is 3. The molecule has 39 heavy (non-hydrogen) atoms. The number of amides is 1. The van der Waals surface area contributed by atoms with Crippen LogP contribution in [0.25, 0.3) is 0 Å². The van der Waals surface area contributed by atoms with E-state index in [0.29, 0.717) is 22.6 Å². The van der Waals surface area contributed by atoms with Gasteiger partial charge in [0.1, 0.15) is 0 Å². The van der Waals surface area contributed by atoms with Gasteiger partial charge in [0.25, 0.3) is 26.0 Å². The Labute approximate surface area is 227 Å². The van der Waals surface area contributed by atoms with E-state index in [1.165, 1.54) is 42.6 Å². The van der Waals surface area contributed by atoms with E-state index < -0.39 is 26.0 Å². The molecule has 0 aliphatic carbocycles. The molecule has 1 aromatic heterocycles. The minimum atomic E-state index is -3.98. The van der Waals surface area contributed by atoms with Gasteiger partial charge in [-0.15, -0.1) is 0 Å². The molecule has 0 saturated heterocycles. The zero-order chi connectivity index (χ0) is 28.4. The Morgan fingerprint density at radius 1 is 0.769 bits per heavy atom. The van der Waals surface area contributed by atoms with Gasteiger partial charge in [-0.1, -0.05) is 18.2 Å². The maximum Gasteiger partial charge on any atom is 0.264 e. The number of nitrogens with zero attached hydrogens (tertiary/aromatic N) is 2. The first-order chi connectivity index (χ1) is 18.4. The molecule has 1 amide bonds. The highest BCUT2D eigenvalue weighted by Gasteiger charge is 2.21. The number of sulfonamides is 2. The summed E-state index contributed by atoms with van der Waals surface area (Å²) in [5.74, 6) is -0.607.